The number of hydrogen-bond acceptors (Lipinski definition) is 6. The normalized spacial score (nSPS) is 14.8. The van der Waals surface area contributed by atoms with Gasteiger partial charge in [0.15, 0.2) is 5.16 Å². The fourth-order valence-corrected chi connectivity index (χ4v) is 4.60. The van der Waals surface area contributed by atoms with E-state index in [4.69, 9.17) is 0 Å². The van der Waals surface area contributed by atoms with Gasteiger partial charge in [0.1, 0.15) is 5.84 Å². The Balaban J connectivity index is 1.63. The highest BCUT2D eigenvalue weighted by Gasteiger charge is 2.18. The van der Waals surface area contributed by atoms with Crippen LogP contribution in [0.3, 0.4) is 0 Å². The lowest BCUT2D eigenvalue weighted by Gasteiger charge is -2.11. The zero-order valence-corrected chi connectivity index (χ0v) is 17.2. The van der Waals surface area contributed by atoms with Crippen LogP contribution in [0.4, 0.5) is 5.69 Å². The van der Waals surface area contributed by atoms with Crippen LogP contribution in [0.2, 0.25) is 0 Å². The number of carbonyl (C=O) groups excluding carboxylic acids is 1. The zero-order valence-electron chi connectivity index (χ0n) is 15.6. The second-order valence-corrected chi connectivity index (χ2v) is 9.05. The molecule has 2 N–H and O–H groups in total. The molecular weight excluding hydrogens is 398 g/mol. The number of rotatable bonds is 6. The van der Waals surface area contributed by atoms with Crippen LogP contribution in [0.5, 0.6) is 0 Å². The van der Waals surface area contributed by atoms with Gasteiger partial charge in [0.25, 0.3) is 10.0 Å². The maximum Gasteiger partial charge on any atom is 0.262 e. The van der Waals surface area contributed by atoms with Crippen LogP contribution in [0.25, 0.3) is 0 Å². The molecule has 8 nitrogen and oxygen atoms in total. The molecule has 3 rings (SSSR count). The van der Waals surface area contributed by atoms with Crippen molar-refractivity contribution in [2.45, 2.75) is 35.7 Å². The van der Waals surface area contributed by atoms with Gasteiger partial charge < -0.3 is 9.88 Å². The summed E-state index contributed by atoms with van der Waals surface area (Å²) in [5.41, 5.74) is 0.427. The highest BCUT2D eigenvalue weighted by atomic mass is 32.2. The van der Waals surface area contributed by atoms with Crippen molar-refractivity contribution in [1.29, 1.82) is 0 Å². The smallest absolute Gasteiger partial charge is 0.262 e. The Kier molecular flexibility index (Phi) is 6.74. The first-order chi connectivity index (χ1) is 13.4. The van der Waals surface area contributed by atoms with E-state index in [1.54, 1.807) is 24.5 Å². The van der Waals surface area contributed by atoms with Gasteiger partial charge in [-0.1, -0.05) is 24.2 Å². The van der Waals surface area contributed by atoms with E-state index < -0.39 is 10.0 Å². The number of benzene rings is 1. The molecule has 0 aliphatic carbocycles. The summed E-state index contributed by atoms with van der Waals surface area (Å²) in [7, 11) is -1.88. The third-order valence-corrected chi connectivity index (χ3v) is 6.60. The zero-order chi connectivity index (χ0) is 20.0. The molecule has 0 fully saturated rings. The highest BCUT2D eigenvalue weighted by Crippen LogP contribution is 2.18. The van der Waals surface area contributed by atoms with Crippen molar-refractivity contribution in [3.05, 3.63) is 36.7 Å². The summed E-state index contributed by atoms with van der Waals surface area (Å²) in [6.07, 6.45) is 7.04. The summed E-state index contributed by atoms with van der Waals surface area (Å²) < 4.78 is 29.7. The van der Waals surface area contributed by atoms with Gasteiger partial charge in [0, 0.05) is 38.1 Å². The topological polar surface area (TPSA) is 105 Å². The molecule has 0 radical (unpaired) electrons. The van der Waals surface area contributed by atoms with E-state index in [2.05, 4.69) is 20.0 Å². The van der Waals surface area contributed by atoms with Crippen molar-refractivity contribution in [3.8, 4) is 0 Å². The molecule has 0 bridgehead atoms. The summed E-state index contributed by atoms with van der Waals surface area (Å²) >= 11 is 1.31. The number of hydrogen-bond donors (Lipinski definition) is 2. The van der Waals surface area contributed by atoms with Crippen LogP contribution >= 0.6 is 11.8 Å². The number of nitrogens with zero attached hydrogens (tertiary/aromatic N) is 3. The van der Waals surface area contributed by atoms with Crippen LogP contribution in [0.1, 0.15) is 25.7 Å². The third kappa shape index (κ3) is 5.59. The number of amidine groups is 1. The number of nitrogens with one attached hydrogen (secondary N) is 2. The molecule has 10 heteroatoms. The van der Waals surface area contributed by atoms with Gasteiger partial charge >= 0.3 is 0 Å². The largest absolute Gasteiger partial charge is 0.329 e. The van der Waals surface area contributed by atoms with Crippen LogP contribution in [-0.4, -0.2) is 42.0 Å². The van der Waals surface area contributed by atoms with Crippen molar-refractivity contribution in [1.82, 2.24) is 14.3 Å². The molecule has 1 aromatic carbocycles. The lowest BCUT2D eigenvalue weighted by Crippen LogP contribution is -2.30. The van der Waals surface area contributed by atoms with E-state index >= 15 is 0 Å². The fourth-order valence-electron chi connectivity index (χ4n) is 2.73. The van der Waals surface area contributed by atoms with Crippen molar-refractivity contribution >= 4 is 39.2 Å². The molecule has 28 heavy (non-hydrogen) atoms. The van der Waals surface area contributed by atoms with Crippen LogP contribution in [-0.2, 0) is 21.9 Å². The van der Waals surface area contributed by atoms with E-state index in [-0.39, 0.29) is 16.6 Å². The lowest BCUT2D eigenvalue weighted by molar-refractivity contribution is -0.113. The molecule has 2 aromatic rings. The van der Waals surface area contributed by atoms with Crippen molar-refractivity contribution in [2.75, 3.05) is 17.6 Å². The van der Waals surface area contributed by atoms with E-state index in [9.17, 15) is 13.2 Å². The van der Waals surface area contributed by atoms with Crippen molar-refractivity contribution < 1.29 is 13.2 Å². The maximum absolute atomic E-state index is 12.6. The number of aliphatic imine (C=N–C) groups is 1. The number of carbonyl (C=O) groups is 1. The van der Waals surface area contributed by atoms with E-state index in [0.717, 1.165) is 24.4 Å². The SMILES string of the molecule is Cn1ccnc1SCC(=O)Nc1cccc(S(=O)(=O)NC2=NCCCCC2)c1. The number of imidazole rings is 1. The minimum atomic E-state index is -3.74. The van der Waals surface area contributed by atoms with Crippen LogP contribution in [0.15, 0.2) is 51.7 Å². The lowest BCUT2D eigenvalue weighted by atomic mass is 10.2. The Morgan fingerprint density at radius 2 is 2.14 bits per heavy atom. The van der Waals surface area contributed by atoms with Gasteiger partial charge in [0.2, 0.25) is 5.91 Å². The number of amides is 1. The van der Waals surface area contributed by atoms with Gasteiger partial charge in [-0.3, -0.25) is 14.5 Å². The number of sulfonamides is 1. The average molecular weight is 422 g/mol. The Labute approximate surface area is 168 Å². The molecule has 1 amide bonds. The Hall–Kier alpha value is -2.33. The highest BCUT2D eigenvalue weighted by molar-refractivity contribution is 7.99. The molecule has 1 aliphatic rings. The minimum Gasteiger partial charge on any atom is -0.329 e. The maximum atomic E-state index is 12.6. The van der Waals surface area contributed by atoms with Crippen LogP contribution < -0.4 is 10.0 Å². The van der Waals surface area contributed by atoms with E-state index in [1.807, 2.05) is 11.6 Å². The number of aryl methyl sites for hydroxylation is 1. The molecule has 2 heterocycles. The molecule has 150 valence electrons. The number of thioether (sulfide) groups is 1. The summed E-state index contributed by atoms with van der Waals surface area (Å²) in [5, 5.41) is 3.47. The van der Waals surface area contributed by atoms with Crippen LogP contribution in [0, 0.1) is 0 Å². The molecule has 0 spiro atoms. The minimum absolute atomic E-state index is 0.0917. The van der Waals surface area contributed by atoms with E-state index in [0.29, 0.717) is 24.5 Å². The molecule has 0 saturated heterocycles. The number of anilines is 1. The first-order valence-corrected chi connectivity index (χ1v) is 11.5. The molecule has 0 atom stereocenters. The Morgan fingerprint density at radius 3 is 2.93 bits per heavy atom. The molecule has 0 saturated carbocycles. The first-order valence-electron chi connectivity index (χ1n) is 9.00. The first kappa shape index (κ1) is 20.4. The quantitative estimate of drug-likeness (QED) is 0.697. The fraction of sp³-hybridized carbons (Fsp3) is 0.389. The predicted octanol–water partition coefficient (Wildman–Crippen LogP) is 2.40. The van der Waals surface area contributed by atoms with Gasteiger partial charge in [-0.25, -0.2) is 13.4 Å². The second-order valence-electron chi connectivity index (χ2n) is 6.43. The average Bonchev–Trinajstić information content (AvgIpc) is 2.90. The summed E-state index contributed by atoms with van der Waals surface area (Å²) in [5.74, 6) is 0.443. The Morgan fingerprint density at radius 1 is 1.29 bits per heavy atom. The van der Waals surface area contributed by atoms with Crippen molar-refractivity contribution in [3.63, 3.8) is 0 Å². The van der Waals surface area contributed by atoms with Gasteiger partial charge in [0.05, 0.1) is 10.6 Å². The standard InChI is InChI=1S/C18H23N5O3S2/c1-23-11-10-20-18(23)27-13-17(24)21-14-6-5-7-15(12-14)28(25,26)22-16-8-3-2-4-9-19-16/h5-7,10-12H,2-4,8-9,13H2,1H3,(H,19,22)(H,21,24). The third-order valence-electron chi connectivity index (χ3n) is 4.16. The van der Waals surface area contributed by atoms with Gasteiger partial charge in [-0.2, -0.15) is 0 Å². The molecule has 1 aromatic heterocycles. The summed E-state index contributed by atoms with van der Waals surface area (Å²) in [4.78, 5) is 20.7. The van der Waals surface area contributed by atoms with Gasteiger partial charge in [-0.05, 0) is 31.0 Å². The molecule has 1 aliphatic heterocycles. The predicted molar refractivity (Wildman–Crippen MR) is 110 cm³/mol. The number of aromatic nitrogens is 2. The van der Waals surface area contributed by atoms with Gasteiger partial charge in [-0.15, -0.1) is 0 Å². The second kappa shape index (κ2) is 9.24. The summed E-state index contributed by atoms with van der Waals surface area (Å²) in [6.45, 7) is 0.640. The monoisotopic (exact) mass is 421 g/mol. The van der Waals surface area contributed by atoms with Crippen molar-refractivity contribution in [2.24, 2.45) is 12.0 Å². The Bertz CT molecular complexity index is 969. The molecular formula is C18H23N5O3S2. The summed E-state index contributed by atoms with van der Waals surface area (Å²) in [6, 6.07) is 6.21. The van der Waals surface area contributed by atoms with E-state index in [1.165, 1.54) is 23.9 Å². The molecule has 0 unspecified atom stereocenters.